The summed E-state index contributed by atoms with van der Waals surface area (Å²) in [7, 11) is 3.82. The number of nitrogens with zero attached hydrogens (tertiary/aromatic N) is 4. The lowest BCUT2D eigenvalue weighted by Crippen LogP contribution is -2.44. The van der Waals surface area contributed by atoms with Gasteiger partial charge in [0.15, 0.2) is 0 Å². The largest absolute Gasteiger partial charge is 0.494 e. The standard InChI is InChI=1S/C29H30N6O2/c1-4-27(36)31-22-9-5-7-20(17-22)24-10-6-8-21-19-30-29(33-28(21)24)32-25-12-11-23(18-26(25)37-3)35-15-13-34(2)14-16-35/h4-12,17-19H,1,13-16H2,2-3H3,(H,31,36)(H,30,32,33). The number of carbonyl (C=O) groups is 1. The number of carbonyl (C=O) groups excluding carboxylic acids is 1. The minimum absolute atomic E-state index is 0.253. The fraction of sp³-hybridized carbons (Fsp3) is 0.207. The Bertz CT molecular complexity index is 1450. The Kier molecular flexibility index (Phi) is 7.00. The first kappa shape index (κ1) is 24.3. The maximum atomic E-state index is 11.8. The average molecular weight is 495 g/mol. The van der Waals surface area contributed by atoms with E-state index >= 15 is 0 Å². The van der Waals surface area contributed by atoms with Gasteiger partial charge in [-0.05, 0) is 43.0 Å². The number of anilines is 4. The van der Waals surface area contributed by atoms with Crippen LogP contribution in [0.2, 0.25) is 0 Å². The van der Waals surface area contributed by atoms with Crippen LogP contribution in [0.1, 0.15) is 0 Å². The first-order valence-electron chi connectivity index (χ1n) is 12.2. The number of para-hydroxylation sites is 1. The Morgan fingerprint density at radius 3 is 2.65 bits per heavy atom. The van der Waals surface area contributed by atoms with E-state index in [0.717, 1.165) is 65.3 Å². The molecule has 0 atom stereocenters. The quantitative estimate of drug-likeness (QED) is 0.353. The van der Waals surface area contributed by atoms with Gasteiger partial charge in [-0.3, -0.25) is 4.79 Å². The molecule has 0 bridgehead atoms. The third-order valence-electron chi connectivity index (χ3n) is 6.54. The van der Waals surface area contributed by atoms with E-state index in [9.17, 15) is 4.79 Å². The smallest absolute Gasteiger partial charge is 0.247 e. The highest BCUT2D eigenvalue weighted by atomic mass is 16.5. The second-order valence-corrected chi connectivity index (χ2v) is 9.01. The maximum absolute atomic E-state index is 11.8. The lowest BCUT2D eigenvalue weighted by Gasteiger charge is -2.34. The summed E-state index contributed by atoms with van der Waals surface area (Å²) in [6.07, 6.45) is 3.06. The molecule has 0 radical (unpaired) electrons. The number of hydrogen-bond donors (Lipinski definition) is 2. The van der Waals surface area contributed by atoms with Gasteiger partial charge in [0.1, 0.15) is 5.75 Å². The van der Waals surface area contributed by atoms with Crippen LogP contribution in [-0.2, 0) is 4.79 Å². The van der Waals surface area contributed by atoms with E-state index in [1.807, 2.05) is 54.7 Å². The molecule has 1 saturated heterocycles. The van der Waals surface area contributed by atoms with Gasteiger partial charge in [0, 0.05) is 60.8 Å². The van der Waals surface area contributed by atoms with Crippen LogP contribution >= 0.6 is 0 Å². The van der Waals surface area contributed by atoms with E-state index in [-0.39, 0.29) is 5.91 Å². The molecule has 2 heterocycles. The van der Waals surface area contributed by atoms with Gasteiger partial charge in [0.25, 0.3) is 0 Å². The number of nitrogens with one attached hydrogen (secondary N) is 2. The summed E-state index contributed by atoms with van der Waals surface area (Å²) in [5.41, 5.74) is 5.31. The molecule has 1 aromatic heterocycles. The number of methoxy groups -OCH3 is 1. The molecule has 5 rings (SSSR count). The van der Waals surface area contributed by atoms with Crippen molar-refractivity contribution in [3.05, 3.63) is 79.5 Å². The van der Waals surface area contributed by atoms with Gasteiger partial charge < -0.3 is 25.2 Å². The van der Waals surface area contributed by atoms with Crippen LogP contribution in [0.5, 0.6) is 5.75 Å². The number of hydrogen-bond acceptors (Lipinski definition) is 7. The van der Waals surface area contributed by atoms with Crippen molar-refractivity contribution in [1.29, 1.82) is 0 Å². The summed E-state index contributed by atoms with van der Waals surface area (Å²) >= 11 is 0. The van der Waals surface area contributed by atoms with Crippen molar-refractivity contribution in [2.24, 2.45) is 0 Å². The monoisotopic (exact) mass is 494 g/mol. The normalized spacial score (nSPS) is 13.8. The van der Waals surface area contributed by atoms with Crippen molar-refractivity contribution in [2.45, 2.75) is 0 Å². The van der Waals surface area contributed by atoms with E-state index in [2.05, 4.69) is 51.2 Å². The van der Waals surface area contributed by atoms with Crippen molar-refractivity contribution in [2.75, 3.05) is 55.9 Å². The fourth-order valence-corrected chi connectivity index (χ4v) is 4.47. The van der Waals surface area contributed by atoms with Crippen LogP contribution in [-0.4, -0.2) is 61.1 Å². The van der Waals surface area contributed by atoms with Crippen LogP contribution in [0.25, 0.3) is 22.0 Å². The number of benzene rings is 3. The number of ether oxygens (including phenoxy) is 1. The van der Waals surface area contributed by atoms with Gasteiger partial charge in [-0.25, -0.2) is 9.97 Å². The molecule has 1 fully saturated rings. The van der Waals surface area contributed by atoms with Crippen LogP contribution < -0.4 is 20.3 Å². The van der Waals surface area contributed by atoms with Gasteiger partial charge in [-0.2, -0.15) is 0 Å². The minimum Gasteiger partial charge on any atom is -0.494 e. The number of fused-ring (bicyclic) bond motifs is 1. The van der Waals surface area contributed by atoms with Crippen molar-refractivity contribution in [3.8, 4) is 16.9 Å². The van der Waals surface area contributed by atoms with Gasteiger partial charge in [0.05, 0.1) is 18.3 Å². The molecule has 1 aliphatic heterocycles. The lowest BCUT2D eigenvalue weighted by molar-refractivity contribution is -0.111. The zero-order valence-electron chi connectivity index (χ0n) is 21.1. The molecule has 8 heteroatoms. The molecule has 0 aliphatic carbocycles. The van der Waals surface area contributed by atoms with Crippen LogP contribution in [0, 0.1) is 0 Å². The second-order valence-electron chi connectivity index (χ2n) is 9.01. The number of piperazine rings is 1. The van der Waals surface area contributed by atoms with Crippen molar-refractivity contribution in [1.82, 2.24) is 14.9 Å². The summed E-state index contributed by atoms with van der Waals surface area (Å²) in [6, 6.07) is 19.8. The highest BCUT2D eigenvalue weighted by Gasteiger charge is 2.16. The second kappa shape index (κ2) is 10.7. The Morgan fingerprint density at radius 2 is 1.86 bits per heavy atom. The summed E-state index contributed by atoms with van der Waals surface area (Å²) in [4.78, 5) is 25.9. The summed E-state index contributed by atoms with van der Waals surface area (Å²) in [5.74, 6) is 0.956. The average Bonchev–Trinajstić information content (AvgIpc) is 2.93. The van der Waals surface area contributed by atoms with Crippen molar-refractivity contribution < 1.29 is 9.53 Å². The molecule has 8 nitrogen and oxygen atoms in total. The number of likely N-dealkylation sites (N-methyl/N-ethyl adjacent to an activating group) is 1. The number of aromatic nitrogens is 2. The summed E-state index contributed by atoms with van der Waals surface area (Å²) < 4.78 is 5.71. The topological polar surface area (TPSA) is 82.6 Å². The molecule has 3 aromatic carbocycles. The molecule has 0 spiro atoms. The van der Waals surface area contributed by atoms with E-state index in [1.165, 1.54) is 6.08 Å². The summed E-state index contributed by atoms with van der Waals surface area (Å²) in [5, 5.41) is 7.07. The fourth-order valence-electron chi connectivity index (χ4n) is 4.47. The third kappa shape index (κ3) is 5.39. The van der Waals surface area contributed by atoms with Gasteiger partial charge in [-0.1, -0.05) is 36.9 Å². The zero-order chi connectivity index (χ0) is 25.8. The van der Waals surface area contributed by atoms with Gasteiger partial charge in [-0.15, -0.1) is 0 Å². The highest BCUT2D eigenvalue weighted by Crippen LogP contribution is 2.33. The van der Waals surface area contributed by atoms with Gasteiger partial charge >= 0.3 is 0 Å². The molecule has 0 saturated carbocycles. The Hall–Kier alpha value is -4.43. The first-order chi connectivity index (χ1) is 18.0. The SMILES string of the molecule is C=CC(=O)Nc1cccc(-c2cccc3cnc(Nc4ccc(N5CCN(C)CC5)cc4OC)nc23)c1. The third-order valence-corrected chi connectivity index (χ3v) is 6.54. The minimum atomic E-state index is -0.253. The molecule has 37 heavy (non-hydrogen) atoms. The molecular weight excluding hydrogens is 464 g/mol. The Morgan fingerprint density at radius 1 is 1.05 bits per heavy atom. The molecule has 188 valence electrons. The van der Waals surface area contributed by atoms with E-state index < -0.39 is 0 Å². The zero-order valence-corrected chi connectivity index (χ0v) is 21.1. The predicted octanol–water partition coefficient (Wildman–Crippen LogP) is 4.93. The number of rotatable bonds is 7. The lowest BCUT2D eigenvalue weighted by atomic mass is 10.0. The van der Waals surface area contributed by atoms with E-state index in [1.54, 1.807) is 7.11 Å². The van der Waals surface area contributed by atoms with Crippen LogP contribution in [0.3, 0.4) is 0 Å². The molecule has 4 aromatic rings. The molecule has 1 amide bonds. The van der Waals surface area contributed by atoms with Gasteiger partial charge in [0.2, 0.25) is 11.9 Å². The van der Waals surface area contributed by atoms with Crippen LogP contribution in [0.15, 0.2) is 79.5 Å². The Labute approximate surface area is 216 Å². The van der Waals surface area contributed by atoms with E-state index in [0.29, 0.717) is 11.6 Å². The molecular formula is C29H30N6O2. The number of amides is 1. The molecule has 1 aliphatic rings. The van der Waals surface area contributed by atoms with Crippen LogP contribution in [0.4, 0.5) is 23.0 Å². The molecule has 2 N–H and O–H groups in total. The first-order valence-corrected chi connectivity index (χ1v) is 12.2. The predicted molar refractivity (Wildman–Crippen MR) is 150 cm³/mol. The summed E-state index contributed by atoms with van der Waals surface area (Å²) in [6.45, 7) is 7.57. The Balaban J connectivity index is 1.44. The van der Waals surface area contributed by atoms with E-state index in [4.69, 9.17) is 9.72 Å². The highest BCUT2D eigenvalue weighted by molar-refractivity contribution is 6.00. The van der Waals surface area contributed by atoms with Crippen molar-refractivity contribution >= 4 is 39.8 Å². The molecule has 0 unspecified atom stereocenters. The van der Waals surface area contributed by atoms with Crippen molar-refractivity contribution in [3.63, 3.8) is 0 Å². The maximum Gasteiger partial charge on any atom is 0.247 e.